The van der Waals surface area contributed by atoms with Crippen LogP contribution in [0.5, 0.6) is 17.2 Å². The molecule has 0 saturated heterocycles. The van der Waals surface area contributed by atoms with Crippen LogP contribution >= 0.6 is 27.5 Å². The highest BCUT2D eigenvalue weighted by Crippen LogP contribution is 2.40. The maximum Gasteiger partial charge on any atom is 0.339 e. The molecule has 0 spiro atoms. The van der Waals surface area contributed by atoms with Crippen LogP contribution in [0.15, 0.2) is 74.3 Å². The zero-order valence-electron chi connectivity index (χ0n) is 20.1. The fraction of sp³-hybridized carbons (Fsp3) is 0.214. The van der Waals surface area contributed by atoms with Crippen LogP contribution in [0.4, 0.5) is 0 Å². The van der Waals surface area contributed by atoms with Gasteiger partial charge in [0.1, 0.15) is 17.9 Å². The largest absolute Gasteiger partial charge is 0.493 e. The highest BCUT2D eigenvalue weighted by molar-refractivity contribution is 9.10. The Balaban J connectivity index is 1.57. The number of hydrogen-bond acceptors (Lipinski definition) is 6. The van der Waals surface area contributed by atoms with Crippen molar-refractivity contribution in [3.05, 3.63) is 97.3 Å². The number of rotatable bonds is 6. The molecule has 1 aliphatic heterocycles. The molecule has 7 nitrogen and oxygen atoms in total. The van der Waals surface area contributed by atoms with Crippen LogP contribution in [0.2, 0.25) is 5.02 Å². The molecule has 1 aromatic heterocycles. The van der Waals surface area contributed by atoms with Crippen molar-refractivity contribution < 1.29 is 23.4 Å². The second-order valence-corrected chi connectivity index (χ2v) is 9.85. The van der Waals surface area contributed by atoms with E-state index in [2.05, 4.69) is 15.9 Å². The zero-order valence-corrected chi connectivity index (χ0v) is 22.5. The average molecular weight is 585 g/mol. The van der Waals surface area contributed by atoms with E-state index >= 15 is 0 Å². The molecule has 5 rings (SSSR count). The summed E-state index contributed by atoms with van der Waals surface area (Å²) in [6.07, 6.45) is 0.613. The summed E-state index contributed by atoms with van der Waals surface area (Å²) >= 11 is 9.85. The fourth-order valence-electron chi connectivity index (χ4n) is 4.64. The Morgan fingerprint density at radius 1 is 1.05 bits per heavy atom. The first-order valence-electron chi connectivity index (χ1n) is 11.6. The van der Waals surface area contributed by atoms with Gasteiger partial charge in [-0.15, -0.1) is 0 Å². The van der Waals surface area contributed by atoms with Gasteiger partial charge < -0.3 is 23.5 Å². The Labute approximate surface area is 226 Å². The van der Waals surface area contributed by atoms with Crippen LogP contribution in [0, 0.1) is 0 Å². The molecule has 37 heavy (non-hydrogen) atoms. The number of ether oxygens (including phenoxy) is 3. The fourth-order valence-corrected chi connectivity index (χ4v) is 5.20. The molecule has 9 heteroatoms. The number of para-hydroxylation sites is 1. The molecular formula is C28H23BrClNO6. The van der Waals surface area contributed by atoms with Crippen LogP contribution in [-0.4, -0.2) is 38.2 Å². The highest BCUT2D eigenvalue weighted by Gasteiger charge is 2.34. The third kappa shape index (κ3) is 4.91. The smallest absolute Gasteiger partial charge is 0.339 e. The van der Waals surface area contributed by atoms with Crippen molar-refractivity contribution in [1.29, 1.82) is 0 Å². The van der Waals surface area contributed by atoms with E-state index in [1.54, 1.807) is 49.5 Å². The van der Waals surface area contributed by atoms with Gasteiger partial charge in [0.2, 0.25) is 0 Å². The quantitative estimate of drug-likeness (QED) is 0.257. The molecule has 2 heterocycles. The molecule has 0 aliphatic carbocycles. The Morgan fingerprint density at radius 2 is 1.81 bits per heavy atom. The van der Waals surface area contributed by atoms with E-state index in [-0.39, 0.29) is 12.5 Å². The number of hydrogen-bond donors (Lipinski definition) is 0. The number of amides is 1. The molecule has 1 amide bonds. The first-order chi connectivity index (χ1) is 17.9. The number of carbonyl (C=O) groups is 1. The summed E-state index contributed by atoms with van der Waals surface area (Å²) in [5.41, 5.74) is 2.19. The van der Waals surface area contributed by atoms with Crippen molar-refractivity contribution in [1.82, 2.24) is 4.90 Å². The number of methoxy groups -OCH3 is 2. The van der Waals surface area contributed by atoms with Crippen molar-refractivity contribution in [2.75, 3.05) is 27.4 Å². The van der Waals surface area contributed by atoms with Gasteiger partial charge in [0.15, 0.2) is 11.5 Å². The van der Waals surface area contributed by atoms with E-state index < -0.39 is 11.7 Å². The minimum atomic E-state index is -0.516. The Bertz CT molecular complexity index is 1550. The van der Waals surface area contributed by atoms with Crippen LogP contribution in [-0.2, 0) is 6.42 Å². The summed E-state index contributed by atoms with van der Waals surface area (Å²) < 4.78 is 23.3. The summed E-state index contributed by atoms with van der Waals surface area (Å²) in [5, 5.41) is 1.02. The van der Waals surface area contributed by atoms with Gasteiger partial charge in [-0.3, -0.25) is 4.79 Å². The first-order valence-corrected chi connectivity index (χ1v) is 12.7. The highest BCUT2D eigenvalue weighted by atomic mass is 79.9. The summed E-state index contributed by atoms with van der Waals surface area (Å²) in [4.78, 5) is 27.7. The lowest BCUT2D eigenvalue weighted by molar-refractivity contribution is 0.0590. The minimum Gasteiger partial charge on any atom is -0.493 e. The van der Waals surface area contributed by atoms with Gasteiger partial charge in [0.05, 0.1) is 42.3 Å². The third-order valence-electron chi connectivity index (χ3n) is 6.43. The molecule has 3 aromatic carbocycles. The number of halogens is 2. The molecule has 1 aliphatic rings. The summed E-state index contributed by atoms with van der Waals surface area (Å²) in [7, 11) is 3.16. The molecule has 0 bridgehead atoms. The van der Waals surface area contributed by atoms with Crippen LogP contribution in [0.3, 0.4) is 0 Å². The van der Waals surface area contributed by atoms with E-state index in [9.17, 15) is 9.59 Å². The van der Waals surface area contributed by atoms with Gasteiger partial charge in [-0.25, -0.2) is 4.79 Å². The van der Waals surface area contributed by atoms with Crippen molar-refractivity contribution in [3.8, 4) is 17.2 Å². The number of benzene rings is 3. The molecule has 1 unspecified atom stereocenters. The van der Waals surface area contributed by atoms with Gasteiger partial charge in [-0.05, 0) is 60.0 Å². The van der Waals surface area contributed by atoms with Crippen molar-refractivity contribution in [2.24, 2.45) is 0 Å². The van der Waals surface area contributed by atoms with Gasteiger partial charge in [-0.1, -0.05) is 39.7 Å². The van der Waals surface area contributed by atoms with Gasteiger partial charge in [0.25, 0.3) is 5.91 Å². The Morgan fingerprint density at radius 3 is 2.59 bits per heavy atom. The van der Waals surface area contributed by atoms with Crippen LogP contribution in [0.25, 0.3) is 11.0 Å². The lowest BCUT2D eigenvalue weighted by Gasteiger charge is -2.38. The molecule has 4 aromatic rings. The monoisotopic (exact) mass is 583 g/mol. The second-order valence-electron chi connectivity index (χ2n) is 8.53. The predicted octanol–water partition coefficient (Wildman–Crippen LogP) is 6.04. The van der Waals surface area contributed by atoms with Gasteiger partial charge in [-0.2, -0.15) is 0 Å². The standard InChI is InChI=1S/C28H23BrClNO6/c1-34-25-11-16-9-10-31(28(33)20-12-17(29)7-8-21(20)30)22(19(16)13-26(25)35-2)15-36-24-14-27(32)37-23-6-4-3-5-18(23)24/h3-8,11-14,22H,9-10,15H2,1-2H3. The second kappa shape index (κ2) is 10.5. The average Bonchev–Trinajstić information content (AvgIpc) is 2.91. The summed E-state index contributed by atoms with van der Waals surface area (Å²) in [5.74, 6) is 1.32. The SMILES string of the molecule is COc1cc2c(cc1OC)C(COc1cc(=O)oc3ccccc13)N(C(=O)c1cc(Br)ccc1Cl)CC2. The van der Waals surface area contributed by atoms with Crippen LogP contribution in [0.1, 0.15) is 27.5 Å². The van der Waals surface area contributed by atoms with E-state index in [0.717, 1.165) is 15.6 Å². The molecule has 1 atom stereocenters. The zero-order chi connectivity index (χ0) is 26.1. The normalized spacial score (nSPS) is 14.8. The molecule has 0 fully saturated rings. The van der Waals surface area contributed by atoms with Crippen molar-refractivity contribution in [2.45, 2.75) is 12.5 Å². The van der Waals surface area contributed by atoms with E-state index in [0.29, 0.717) is 51.8 Å². The third-order valence-corrected chi connectivity index (χ3v) is 7.25. The van der Waals surface area contributed by atoms with Gasteiger partial charge in [0, 0.05) is 11.0 Å². The first kappa shape index (κ1) is 25.2. The van der Waals surface area contributed by atoms with Crippen molar-refractivity contribution in [3.63, 3.8) is 0 Å². The topological polar surface area (TPSA) is 78.2 Å². The molecule has 190 valence electrons. The summed E-state index contributed by atoms with van der Waals surface area (Å²) in [6.45, 7) is 0.531. The van der Waals surface area contributed by atoms with Gasteiger partial charge >= 0.3 is 5.63 Å². The lowest BCUT2D eigenvalue weighted by Crippen LogP contribution is -2.42. The predicted molar refractivity (Wildman–Crippen MR) is 144 cm³/mol. The Hall–Kier alpha value is -3.49. The van der Waals surface area contributed by atoms with E-state index in [4.69, 9.17) is 30.2 Å². The minimum absolute atomic E-state index is 0.0906. The maximum atomic E-state index is 13.8. The summed E-state index contributed by atoms with van der Waals surface area (Å²) in [6, 6.07) is 17.0. The van der Waals surface area contributed by atoms with Crippen molar-refractivity contribution >= 4 is 44.4 Å². The molecule has 0 saturated carbocycles. The Kier molecular flexibility index (Phi) is 7.13. The van der Waals surface area contributed by atoms with Crippen LogP contribution < -0.4 is 19.8 Å². The number of fused-ring (bicyclic) bond motifs is 2. The lowest BCUT2D eigenvalue weighted by atomic mass is 9.91. The molecular weight excluding hydrogens is 562 g/mol. The van der Waals surface area contributed by atoms with E-state index in [1.165, 1.54) is 6.07 Å². The van der Waals surface area contributed by atoms with E-state index in [1.807, 2.05) is 24.3 Å². The molecule has 0 radical (unpaired) electrons. The maximum absolute atomic E-state index is 13.8. The number of nitrogens with zero attached hydrogens (tertiary/aromatic N) is 1. The number of carbonyl (C=O) groups excluding carboxylic acids is 1. The molecule has 0 N–H and O–H groups in total.